The minimum absolute atomic E-state index is 0.0230. The average Bonchev–Trinajstić information content (AvgIpc) is 2.25. The fourth-order valence-corrected chi connectivity index (χ4v) is 1.15. The van der Waals surface area contributed by atoms with Crippen LogP contribution in [0.3, 0.4) is 0 Å². The van der Waals surface area contributed by atoms with Crippen LogP contribution >= 0.6 is 11.6 Å². The van der Waals surface area contributed by atoms with Gasteiger partial charge in [-0.25, -0.2) is 4.98 Å². The van der Waals surface area contributed by atoms with Gasteiger partial charge in [-0.15, -0.1) is 6.58 Å². The molecule has 0 saturated heterocycles. The van der Waals surface area contributed by atoms with E-state index in [1.807, 2.05) is 0 Å². The summed E-state index contributed by atoms with van der Waals surface area (Å²) in [5, 5.41) is 0.272. The number of rotatable bonds is 6. The molecule has 0 saturated carbocycles. The lowest BCUT2D eigenvalue weighted by atomic mass is 10.2. The maximum atomic E-state index is 11.3. The molecule has 3 nitrogen and oxygen atoms in total. The Labute approximate surface area is 93.7 Å². The highest BCUT2D eigenvalue weighted by molar-refractivity contribution is 6.30. The zero-order valence-corrected chi connectivity index (χ0v) is 9.04. The number of halogens is 1. The van der Waals surface area contributed by atoms with Crippen LogP contribution in [-0.2, 0) is 4.79 Å². The normalized spacial score (nSPS) is 9.67. The molecule has 0 aliphatic rings. The highest BCUT2D eigenvalue weighted by atomic mass is 35.5. The van der Waals surface area contributed by atoms with E-state index in [4.69, 9.17) is 16.3 Å². The van der Waals surface area contributed by atoms with Crippen molar-refractivity contribution in [1.82, 2.24) is 4.98 Å². The molecule has 0 amide bonds. The molecule has 80 valence electrons. The van der Waals surface area contributed by atoms with Gasteiger partial charge in [-0.05, 0) is 18.6 Å². The first-order valence-corrected chi connectivity index (χ1v) is 4.97. The monoisotopic (exact) mass is 225 g/mol. The summed E-state index contributed by atoms with van der Waals surface area (Å²) in [5.41, 5.74) is 0. The van der Waals surface area contributed by atoms with Crippen molar-refractivity contribution in [2.75, 3.05) is 6.61 Å². The van der Waals surface area contributed by atoms with Gasteiger partial charge in [0.15, 0.2) is 16.7 Å². The number of allylic oxidation sites excluding steroid dienone is 1. The highest BCUT2D eigenvalue weighted by Gasteiger charge is 2.05. The van der Waals surface area contributed by atoms with Crippen molar-refractivity contribution in [2.45, 2.75) is 12.8 Å². The van der Waals surface area contributed by atoms with Crippen LogP contribution in [0.25, 0.3) is 0 Å². The molecule has 1 rings (SSSR count). The summed E-state index contributed by atoms with van der Waals surface area (Å²) in [6.07, 6.45) is 4.38. The Hall–Kier alpha value is -1.35. The lowest BCUT2D eigenvalue weighted by Gasteiger charge is -2.05. The molecule has 0 atom stereocenters. The van der Waals surface area contributed by atoms with Crippen molar-refractivity contribution in [3.63, 3.8) is 0 Å². The van der Waals surface area contributed by atoms with E-state index in [1.165, 1.54) is 0 Å². The molecule has 0 unspecified atom stereocenters. The van der Waals surface area contributed by atoms with Gasteiger partial charge in [0, 0.05) is 12.6 Å². The Bertz CT molecular complexity index is 352. The molecule has 15 heavy (non-hydrogen) atoms. The number of ketones is 1. The van der Waals surface area contributed by atoms with E-state index >= 15 is 0 Å². The number of ether oxygens (including phenoxy) is 1. The molecule has 1 aromatic rings. The molecule has 0 bridgehead atoms. The van der Waals surface area contributed by atoms with Crippen molar-refractivity contribution >= 4 is 17.4 Å². The molecular formula is C11H12ClNO2. The zero-order valence-electron chi connectivity index (χ0n) is 8.28. The van der Waals surface area contributed by atoms with Crippen molar-refractivity contribution < 1.29 is 9.53 Å². The molecule has 0 aliphatic carbocycles. The first-order valence-electron chi connectivity index (χ1n) is 4.60. The number of hydrogen-bond donors (Lipinski definition) is 0. The molecule has 1 aromatic heterocycles. The highest BCUT2D eigenvalue weighted by Crippen LogP contribution is 2.20. The Morgan fingerprint density at radius 3 is 3.13 bits per heavy atom. The smallest absolute Gasteiger partial charge is 0.171 e. The van der Waals surface area contributed by atoms with E-state index in [0.717, 1.165) is 0 Å². The third-order valence-electron chi connectivity index (χ3n) is 1.74. The Balaban J connectivity index is 2.40. The van der Waals surface area contributed by atoms with E-state index in [-0.39, 0.29) is 17.5 Å². The van der Waals surface area contributed by atoms with Gasteiger partial charge < -0.3 is 4.74 Å². The van der Waals surface area contributed by atoms with E-state index in [9.17, 15) is 4.79 Å². The van der Waals surface area contributed by atoms with Crippen LogP contribution < -0.4 is 4.74 Å². The summed E-state index contributed by atoms with van der Waals surface area (Å²) >= 11 is 5.75. The molecule has 0 fully saturated rings. The Morgan fingerprint density at radius 1 is 1.67 bits per heavy atom. The molecular weight excluding hydrogens is 214 g/mol. The second-order valence-corrected chi connectivity index (χ2v) is 3.31. The van der Waals surface area contributed by atoms with Gasteiger partial charge in [-0.2, -0.15) is 0 Å². The minimum Gasteiger partial charge on any atom is -0.483 e. The van der Waals surface area contributed by atoms with Crippen molar-refractivity contribution in [2.24, 2.45) is 0 Å². The lowest BCUT2D eigenvalue weighted by molar-refractivity contribution is -0.120. The van der Waals surface area contributed by atoms with Gasteiger partial charge in [-0.3, -0.25) is 4.79 Å². The van der Waals surface area contributed by atoms with E-state index in [0.29, 0.717) is 18.6 Å². The number of Topliss-reactive ketones (excluding diaryl/α,β-unsaturated/α-hetero) is 1. The summed E-state index contributed by atoms with van der Waals surface area (Å²) < 4.78 is 5.22. The number of aromatic nitrogens is 1. The predicted octanol–water partition coefficient (Wildman–Crippen LogP) is 2.65. The number of hydrogen-bond acceptors (Lipinski definition) is 3. The van der Waals surface area contributed by atoms with E-state index in [1.54, 1.807) is 24.4 Å². The van der Waals surface area contributed by atoms with Gasteiger partial charge in [0.2, 0.25) is 0 Å². The summed E-state index contributed by atoms with van der Waals surface area (Å²) in [5.74, 6) is 0.459. The van der Waals surface area contributed by atoms with Crippen LogP contribution in [0, 0.1) is 0 Å². The van der Waals surface area contributed by atoms with Gasteiger partial charge in [0.25, 0.3) is 0 Å². The Morgan fingerprint density at radius 2 is 2.47 bits per heavy atom. The molecule has 0 radical (unpaired) electrons. The quantitative estimate of drug-likeness (QED) is 0.552. The SMILES string of the molecule is C=CCCC(=O)COc1cccnc1Cl. The maximum absolute atomic E-state index is 11.3. The summed E-state index contributed by atoms with van der Waals surface area (Å²) in [6, 6.07) is 3.38. The van der Waals surface area contributed by atoms with E-state index in [2.05, 4.69) is 11.6 Å². The fourth-order valence-electron chi connectivity index (χ4n) is 0.972. The van der Waals surface area contributed by atoms with Crippen molar-refractivity contribution in [1.29, 1.82) is 0 Å². The molecule has 0 aromatic carbocycles. The number of carbonyl (C=O) groups is 1. The number of carbonyl (C=O) groups excluding carboxylic acids is 1. The lowest BCUT2D eigenvalue weighted by Crippen LogP contribution is -2.10. The maximum Gasteiger partial charge on any atom is 0.171 e. The van der Waals surface area contributed by atoms with Crippen LogP contribution in [-0.4, -0.2) is 17.4 Å². The van der Waals surface area contributed by atoms with Gasteiger partial charge >= 0.3 is 0 Å². The summed E-state index contributed by atoms with van der Waals surface area (Å²) in [4.78, 5) is 15.1. The number of pyridine rings is 1. The largest absolute Gasteiger partial charge is 0.483 e. The van der Waals surface area contributed by atoms with Gasteiger partial charge in [-0.1, -0.05) is 17.7 Å². The molecule has 0 spiro atoms. The first kappa shape index (κ1) is 11.7. The molecule has 4 heteroatoms. The van der Waals surface area contributed by atoms with Crippen molar-refractivity contribution in [3.05, 3.63) is 36.1 Å². The second-order valence-electron chi connectivity index (χ2n) is 2.95. The standard InChI is InChI=1S/C11H12ClNO2/c1-2-3-5-9(14)8-15-10-6-4-7-13-11(10)12/h2,4,6-7H,1,3,5,8H2. The first-order chi connectivity index (χ1) is 7.24. The number of nitrogens with zero attached hydrogens (tertiary/aromatic N) is 1. The fraction of sp³-hybridized carbons (Fsp3) is 0.273. The topological polar surface area (TPSA) is 39.2 Å². The van der Waals surface area contributed by atoms with Gasteiger partial charge in [0.05, 0.1) is 0 Å². The third-order valence-corrected chi connectivity index (χ3v) is 2.02. The van der Waals surface area contributed by atoms with Crippen LogP contribution in [0.2, 0.25) is 5.15 Å². The zero-order chi connectivity index (χ0) is 11.1. The van der Waals surface area contributed by atoms with Crippen molar-refractivity contribution in [3.8, 4) is 5.75 Å². The van der Waals surface area contributed by atoms with E-state index < -0.39 is 0 Å². The van der Waals surface area contributed by atoms with Crippen LogP contribution in [0.5, 0.6) is 5.75 Å². The molecule has 1 heterocycles. The van der Waals surface area contributed by atoms with Crippen LogP contribution in [0.4, 0.5) is 0 Å². The minimum atomic E-state index is 0.0230. The van der Waals surface area contributed by atoms with Crippen LogP contribution in [0.1, 0.15) is 12.8 Å². The summed E-state index contributed by atoms with van der Waals surface area (Å²) in [6.45, 7) is 3.57. The third kappa shape index (κ3) is 4.13. The second kappa shape index (κ2) is 6.19. The van der Waals surface area contributed by atoms with Gasteiger partial charge in [0.1, 0.15) is 6.61 Å². The molecule has 0 N–H and O–H groups in total. The predicted molar refractivity (Wildman–Crippen MR) is 59.2 cm³/mol. The average molecular weight is 226 g/mol. The molecule has 0 aliphatic heterocycles. The Kier molecular flexibility index (Phi) is 4.84. The van der Waals surface area contributed by atoms with Crippen LogP contribution in [0.15, 0.2) is 31.0 Å². The summed E-state index contributed by atoms with van der Waals surface area (Å²) in [7, 11) is 0.